The molecule has 0 radical (unpaired) electrons. The molecular formula is C14H25N3O4S. The molecule has 126 valence electrons. The Kier molecular flexibility index (Phi) is 6.61. The summed E-state index contributed by atoms with van der Waals surface area (Å²) in [6.45, 7) is 0.253. The molecule has 1 aromatic rings. The normalized spacial score (nSPS) is 13.5. The summed E-state index contributed by atoms with van der Waals surface area (Å²) in [5.74, 6) is 1.25. The van der Waals surface area contributed by atoms with Crippen LogP contribution in [-0.4, -0.2) is 66.6 Å². The van der Waals surface area contributed by atoms with Crippen LogP contribution >= 0.6 is 0 Å². The lowest BCUT2D eigenvalue weighted by molar-refractivity contribution is 0.295. The zero-order valence-corrected chi connectivity index (χ0v) is 14.8. The molecule has 22 heavy (non-hydrogen) atoms. The Bertz CT molecular complexity index is 588. The number of hydrogen-bond donors (Lipinski definition) is 1. The van der Waals surface area contributed by atoms with Crippen molar-refractivity contribution in [2.24, 2.45) is 0 Å². The Morgan fingerprint density at radius 3 is 2.14 bits per heavy atom. The molecule has 7 nitrogen and oxygen atoms in total. The van der Waals surface area contributed by atoms with Crippen molar-refractivity contribution in [3.63, 3.8) is 0 Å². The molecular weight excluding hydrogens is 306 g/mol. The van der Waals surface area contributed by atoms with Crippen molar-refractivity contribution in [2.75, 3.05) is 49.0 Å². The lowest BCUT2D eigenvalue weighted by Gasteiger charge is -2.26. The van der Waals surface area contributed by atoms with E-state index in [0.717, 1.165) is 9.87 Å². The Morgan fingerprint density at radius 2 is 1.68 bits per heavy atom. The predicted octanol–water partition coefficient (Wildman–Crippen LogP) is 0.703. The van der Waals surface area contributed by atoms with Crippen LogP contribution in [-0.2, 0) is 10.2 Å². The van der Waals surface area contributed by atoms with Gasteiger partial charge < -0.3 is 14.4 Å². The first kappa shape index (κ1) is 18.7. The molecule has 0 heterocycles. The molecule has 0 aromatic heterocycles. The lowest BCUT2D eigenvalue weighted by atomic mass is 10.1. The van der Waals surface area contributed by atoms with E-state index in [2.05, 4.69) is 4.72 Å². The minimum Gasteiger partial charge on any atom is -0.493 e. The van der Waals surface area contributed by atoms with Gasteiger partial charge in [0.1, 0.15) is 0 Å². The Hall–Kier alpha value is -1.35. The van der Waals surface area contributed by atoms with E-state index >= 15 is 0 Å². The highest BCUT2D eigenvalue weighted by Gasteiger charge is 2.20. The first-order chi connectivity index (χ1) is 10.2. The van der Waals surface area contributed by atoms with Crippen molar-refractivity contribution in [3.05, 3.63) is 23.8 Å². The number of likely N-dealkylation sites (N-methyl/N-ethyl adjacent to an activating group) is 1. The van der Waals surface area contributed by atoms with Gasteiger partial charge in [0.2, 0.25) is 0 Å². The fraction of sp³-hybridized carbons (Fsp3) is 0.571. The van der Waals surface area contributed by atoms with Crippen molar-refractivity contribution in [1.82, 2.24) is 13.9 Å². The second-order valence-corrected chi connectivity index (χ2v) is 7.20. The average molecular weight is 331 g/mol. The van der Waals surface area contributed by atoms with Crippen LogP contribution in [0, 0.1) is 0 Å². The third kappa shape index (κ3) is 4.57. The van der Waals surface area contributed by atoms with Crippen molar-refractivity contribution in [1.29, 1.82) is 0 Å². The second-order valence-electron chi connectivity index (χ2n) is 5.23. The molecule has 0 aliphatic rings. The van der Waals surface area contributed by atoms with Crippen LogP contribution in [0.3, 0.4) is 0 Å². The predicted molar refractivity (Wildman–Crippen MR) is 86.6 cm³/mol. The van der Waals surface area contributed by atoms with Crippen LogP contribution < -0.4 is 14.2 Å². The van der Waals surface area contributed by atoms with Crippen molar-refractivity contribution in [3.8, 4) is 11.5 Å². The van der Waals surface area contributed by atoms with E-state index in [-0.39, 0.29) is 12.6 Å². The molecule has 8 heteroatoms. The first-order valence-corrected chi connectivity index (χ1v) is 8.22. The van der Waals surface area contributed by atoms with E-state index in [4.69, 9.17) is 9.47 Å². The molecule has 0 amide bonds. The van der Waals surface area contributed by atoms with E-state index in [1.165, 1.54) is 14.1 Å². The SMILES string of the molecule is COc1ccc(C(CNS(=O)(=O)N(C)C)N(C)C)cc1OC. The summed E-state index contributed by atoms with van der Waals surface area (Å²) in [5, 5.41) is 0. The van der Waals surface area contributed by atoms with Crippen LogP contribution in [0.5, 0.6) is 11.5 Å². The maximum atomic E-state index is 11.9. The van der Waals surface area contributed by atoms with Crippen molar-refractivity contribution < 1.29 is 17.9 Å². The Labute approximate surface area is 133 Å². The molecule has 1 rings (SSSR count). The van der Waals surface area contributed by atoms with E-state index in [1.54, 1.807) is 14.2 Å². The fourth-order valence-corrected chi connectivity index (χ4v) is 2.60. The van der Waals surface area contributed by atoms with E-state index in [0.29, 0.717) is 11.5 Å². The van der Waals surface area contributed by atoms with Gasteiger partial charge in [-0.25, -0.2) is 4.72 Å². The third-order valence-corrected chi connectivity index (χ3v) is 4.85. The standard InChI is InChI=1S/C14H25N3O4S/c1-16(2)12(10-15-22(18,19)17(3)4)11-7-8-13(20-5)14(9-11)21-6/h7-9,12,15H,10H2,1-6H3. The molecule has 0 spiro atoms. The number of benzene rings is 1. The van der Waals surface area contributed by atoms with Crippen molar-refractivity contribution in [2.45, 2.75) is 6.04 Å². The van der Waals surface area contributed by atoms with E-state index in [1.807, 2.05) is 37.2 Å². The van der Waals surface area contributed by atoms with Crippen LogP contribution in [0.15, 0.2) is 18.2 Å². The van der Waals surface area contributed by atoms with Gasteiger partial charge in [-0.2, -0.15) is 12.7 Å². The topological polar surface area (TPSA) is 71.1 Å². The molecule has 0 aliphatic heterocycles. The van der Waals surface area contributed by atoms with E-state index < -0.39 is 10.2 Å². The molecule has 1 N–H and O–H groups in total. The molecule has 0 bridgehead atoms. The van der Waals surface area contributed by atoms with Gasteiger partial charge in [-0.1, -0.05) is 6.07 Å². The van der Waals surface area contributed by atoms with Crippen LogP contribution in [0.2, 0.25) is 0 Å². The summed E-state index contributed by atoms with van der Waals surface area (Å²) in [6.07, 6.45) is 0. The largest absolute Gasteiger partial charge is 0.493 e. The summed E-state index contributed by atoms with van der Waals surface area (Å²) in [4.78, 5) is 1.94. The molecule has 0 aliphatic carbocycles. The highest BCUT2D eigenvalue weighted by Crippen LogP contribution is 2.31. The molecule has 0 saturated heterocycles. The molecule has 1 unspecified atom stereocenters. The van der Waals surface area contributed by atoms with Crippen molar-refractivity contribution >= 4 is 10.2 Å². The fourth-order valence-electron chi connectivity index (χ4n) is 1.97. The number of rotatable bonds is 8. The number of nitrogens with zero attached hydrogens (tertiary/aromatic N) is 2. The number of hydrogen-bond acceptors (Lipinski definition) is 5. The molecule has 1 atom stereocenters. The highest BCUT2D eigenvalue weighted by molar-refractivity contribution is 7.87. The van der Waals surface area contributed by atoms with Crippen LogP contribution in [0.25, 0.3) is 0 Å². The average Bonchev–Trinajstić information content (AvgIpc) is 2.46. The quantitative estimate of drug-likeness (QED) is 0.759. The first-order valence-electron chi connectivity index (χ1n) is 6.78. The summed E-state index contributed by atoms with van der Waals surface area (Å²) >= 11 is 0. The summed E-state index contributed by atoms with van der Waals surface area (Å²) < 4.78 is 38.0. The number of ether oxygens (including phenoxy) is 2. The smallest absolute Gasteiger partial charge is 0.278 e. The van der Waals surface area contributed by atoms with Crippen LogP contribution in [0.1, 0.15) is 11.6 Å². The lowest BCUT2D eigenvalue weighted by Crippen LogP contribution is -2.40. The summed E-state index contributed by atoms with van der Waals surface area (Å²) in [5.41, 5.74) is 0.934. The van der Waals surface area contributed by atoms with Gasteiger partial charge >= 0.3 is 0 Å². The van der Waals surface area contributed by atoms with E-state index in [9.17, 15) is 8.42 Å². The van der Waals surface area contributed by atoms with Gasteiger partial charge in [-0.3, -0.25) is 0 Å². The highest BCUT2D eigenvalue weighted by atomic mass is 32.2. The minimum atomic E-state index is -3.46. The Morgan fingerprint density at radius 1 is 1.09 bits per heavy atom. The number of nitrogens with one attached hydrogen (secondary N) is 1. The second kappa shape index (κ2) is 7.77. The molecule has 0 saturated carbocycles. The minimum absolute atomic E-state index is 0.130. The summed E-state index contributed by atoms with van der Waals surface area (Å²) in [6, 6.07) is 5.43. The molecule has 1 aromatic carbocycles. The summed E-state index contributed by atoms with van der Waals surface area (Å²) in [7, 11) is 6.45. The number of methoxy groups -OCH3 is 2. The zero-order valence-electron chi connectivity index (χ0n) is 14.0. The Balaban J connectivity index is 3.02. The molecule has 0 fully saturated rings. The van der Waals surface area contributed by atoms with Gasteiger partial charge in [0, 0.05) is 26.7 Å². The maximum absolute atomic E-state index is 11.9. The maximum Gasteiger partial charge on any atom is 0.278 e. The van der Waals surface area contributed by atoms with Gasteiger partial charge in [0.15, 0.2) is 11.5 Å². The third-order valence-electron chi connectivity index (χ3n) is 3.36. The monoisotopic (exact) mass is 331 g/mol. The zero-order chi connectivity index (χ0) is 16.9. The van der Waals surface area contributed by atoms with Gasteiger partial charge in [0.25, 0.3) is 10.2 Å². The van der Waals surface area contributed by atoms with Crippen LogP contribution in [0.4, 0.5) is 0 Å². The van der Waals surface area contributed by atoms with Gasteiger partial charge in [-0.05, 0) is 31.8 Å². The van der Waals surface area contributed by atoms with Gasteiger partial charge in [-0.15, -0.1) is 0 Å². The van der Waals surface area contributed by atoms with Gasteiger partial charge in [0.05, 0.1) is 14.2 Å².